The molecule has 7 unspecified atom stereocenters. The van der Waals surface area contributed by atoms with Crippen molar-refractivity contribution in [3.8, 4) is 0 Å². The van der Waals surface area contributed by atoms with Crippen molar-refractivity contribution in [2.45, 2.75) is 71.1 Å². The Morgan fingerprint density at radius 1 is 1.19 bits per heavy atom. The van der Waals surface area contributed by atoms with Crippen LogP contribution in [0.2, 0.25) is 0 Å². The molecule has 0 radical (unpaired) electrons. The van der Waals surface area contributed by atoms with Crippen molar-refractivity contribution in [3.05, 3.63) is 0 Å². The molecule has 2 aliphatic rings. The number of aliphatic hydroxyl groups excluding tert-OH is 2. The first kappa shape index (κ1) is 17.1. The second-order valence-corrected chi connectivity index (χ2v) is 7.30. The Hall–Kier alpha value is -0.240. The van der Waals surface area contributed by atoms with Gasteiger partial charge in [-0.15, -0.1) is 0 Å². The fraction of sp³-hybridized carbons (Fsp3) is 1.00. The number of rotatable bonds is 3. The third-order valence-electron chi connectivity index (χ3n) is 3.99. The Morgan fingerprint density at radius 2 is 1.86 bits per heavy atom. The van der Waals surface area contributed by atoms with E-state index in [1.807, 2.05) is 0 Å². The largest absolute Gasteiger partial charge is 0.387 e. The van der Waals surface area contributed by atoms with E-state index in [1.165, 1.54) is 7.11 Å². The second kappa shape index (κ2) is 6.48. The molecule has 2 N–H and O–H groups in total. The van der Waals surface area contributed by atoms with E-state index in [-0.39, 0.29) is 11.3 Å². The van der Waals surface area contributed by atoms with Crippen molar-refractivity contribution >= 4 is 0 Å². The Bertz CT molecular complexity index is 340. The minimum Gasteiger partial charge on any atom is -0.387 e. The van der Waals surface area contributed by atoms with E-state index in [4.69, 9.17) is 18.9 Å². The number of fused-ring (bicyclic) bond motifs is 1. The maximum absolute atomic E-state index is 10.2. The first-order valence-corrected chi connectivity index (χ1v) is 7.54. The molecule has 124 valence electrons. The van der Waals surface area contributed by atoms with Gasteiger partial charge >= 0.3 is 0 Å². The lowest BCUT2D eigenvalue weighted by atomic mass is 9.85. The van der Waals surface area contributed by atoms with Gasteiger partial charge in [-0.3, -0.25) is 0 Å². The lowest BCUT2D eigenvalue weighted by molar-refractivity contribution is -0.362. The summed E-state index contributed by atoms with van der Waals surface area (Å²) in [7, 11) is 1.43. The molecular formula is C15H28O6. The van der Waals surface area contributed by atoms with Gasteiger partial charge in [-0.2, -0.15) is 0 Å². The van der Waals surface area contributed by atoms with Gasteiger partial charge in [-0.1, -0.05) is 27.7 Å². The topological polar surface area (TPSA) is 77.4 Å². The number of hydrogen-bond acceptors (Lipinski definition) is 6. The highest BCUT2D eigenvalue weighted by atomic mass is 16.7. The van der Waals surface area contributed by atoms with Crippen LogP contribution in [0.15, 0.2) is 0 Å². The molecule has 2 aliphatic heterocycles. The number of hydrogen-bond donors (Lipinski definition) is 2. The highest BCUT2D eigenvalue weighted by molar-refractivity contribution is 4.92. The van der Waals surface area contributed by atoms with Crippen LogP contribution in [0.4, 0.5) is 0 Å². The Kier molecular flexibility index (Phi) is 5.28. The van der Waals surface area contributed by atoms with Gasteiger partial charge in [0, 0.05) is 13.0 Å². The normalized spacial score (nSPS) is 42.4. The predicted octanol–water partition coefficient (Wildman–Crippen LogP) is 0.893. The monoisotopic (exact) mass is 304 g/mol. The van der Waals surface area contributed by atoms with Gasteiger partial charge in [0.15, 0.2) is 12.6 Å². The van der Waals surface area contributed by atoms with Crippen LogP contribution in [0.1, 0.15) is 34.1 Å². The Morgan fingerprint density at radius 3 is 2.43 bits per heavy atom. The molecule has 0 aromatic carbocycles. The lowest BCUT2D eigenvalue weighted by Crippen LogP contribution is -2.63. The average molecular weight is 304 g/mol. The van der Waals surface area contributed by atoms with Crippen molar-refractivity contribution in [1.82, 2.24) is 0 Å². The fourth-order valence-corrected chi connectivity index (χ4v) is 3.15. The van der Waals surface area contributed by atoms with E-state index >= 15 is 0 Å². The Labute approximate surface area is 126 Å². The average Bonchev–Trinajstić information content (AvgIpc) is 2.40. The van der Waals surface area contributed by atoms with Crippen LogP contribution >= 0.6 is 0 Å². The number of aliphatic hydroxyl groups is 2. The molecule has 0 aliphatic carbocycles. The molecule has 0 aromatic heterocycles. The first-order chi connectivity index (χ1) is 9.73. The highest BCUT2D eigenvalue weighted by Crippen LogP contribution is 2.34. The lowest BCUT2D eigenvalue weighted by Gasteiger charge is -2.47. The summed E-state index contributed by atoms with van der Waals surface area (Å²) >= 11 is 0. The molecule has 2 heterocycles. The SMILES string of the molecule is COC1OC2COC(C(C)CC(C)(C)C)OC2C(O)C1O. The quantitative estimate of drug-likeness (QED) is 0.806. The van der Waals surface area contributed by atoms with E-state index in [0.29, 0.717) is 6.61 Å². The van der Waals surface area contributed by atoms with Crippen molar-refractivity contribution in [2.24, 2.45) is 11.3 Å². The Balaban J connectivity index is 1.99. The first-order valence-electron chi connectivity index (χ1n) is 7.54. The smallest absolute Gasteiger partial charge is 0.186 e. The summed E-state index contributed by atoms with van der Waals surface area (Å²) in [6.07, 6.45) is -3.48. The van der Waals surface area contributed by atoms with Crippen LogP contribution in [0.3, 0.4) is 0 Å². The minimum atomic E-state index is -1.12. The van der Waals surface area contributed by atoms with Gasteiger partial charge < -0.3 is 29.2 Å². The molecule has 0 bridgehead atoms. The molecule has 0 spiro atoms. The van der Waals surface area contributed by atoms with Crippen LogP contribution in [0.25, 0.3) is 0 Å². The molecule has 0 aromatic rings. The molecule has 7 atom stereocenters. The molecule has 2 saturated heterocycles. The molecular weight excluding hydrogens is 276 g/mol. The van der Waals surface area contributed by atoms with Gasteiger partial charge in [0.2, 0.25) is 0 Å². The van der Waals surface area contributed by atoms with Crippen LogP contribution in [-0.2, 0) is 18.9 Å². The summed E-state index contributed by atoms with van der Waals surface area (Å²) < 4.78 is 22.2. The van der Waals surface area contributed by atoms with Gasteiger partial charge in [0.1, 0.15) is 24.4 Å². The van der Waals surface area contributed by atoms with Crippen molar-refractivity contribution in [2.75, 3.05) is 13.7 Å². The molecule has 2 fully saturated rings. The third kappa shape index (κ3) is 3.94. The standard InChI is InChI=1S/C15H28O6/c1-8(6-15(2,3)4)13-19-7-9-12(21-13)10(16)11(17)14(18-5)20-9/h8-14,16-17H,6-7H2,1-5H3. The molecule has 6 heteroatoms. The zero-order chi connectivity index (χ0) is 15.8. The maximum Gasteiger partial charge on any atom is 0.186 e. The van der Waals surface area contributed by atoms with Gasteiger partial charge in [-0.05, 0) is 11.8 Å². The molecule has 0 amide bonds. The fourth-order valence-electron chi connectivity index (χ4n) is 3.15. The minimum absolute atomic E-state index is 0.172. The summed E-state index contributed by atoms with van der Waals surface area (Å²) in [4.78, 5) is 0. The van der Waals surface area contributed by atoms with Crippen molar-refractivity contribution < 1.29 is 29.2 Å². The summed E-state index contributed by atoms with van der Waals surface area (Å²) in [6.45, 7) is 8.90. The summed E-state index contributed by atoms with van der Waals surface area (Å²) in [5.41, 5.74) is 0.172. The van der Waals surface area contributed by atoms with Gasteiger partial charge in [0.25, 0.3) is 0 Å². The van der Waals surface area contributed by atoms with Crippen LogP contribution in [0.5, 0.6) is 0 Å². The molecule has 2 rings (SSSR count). The van der Waals surface area contributed by atoms with Crippen LogP contribution < -0.4 is 0 Å². The van der Waals surface area contributed by atoms with Gasteiger partial charge in [0.05, 0.1) is 6.61 Å². The molecule has 21 heavy (non-hydrogen) atoms. The van der Waals surface area contributed by atoms with E-state index < -0.39 is 37.0 Å². The van der Waals surface area contributed by atoms with E-state index in [0.717, 1.165) is 6.42 Å². The number of methoxy groups -OCH3 is 1. The van der Waals surface area contributed by atoms with Crippen LogP contribution in [-0.4, -0.2) is 60.9 Å². The molecule has 0 saturated carbocycles. The van der Waals surface area contributed by atoms with Crippen molar-refractivity contribution in [3.63, 3.8) is 0 Å². The summed E-state index contributed by atoms with van der Waals surface area (Å²) in [5, 5.41) is 20.2. The summed E-state index contributed by atoms with van der Waals surface area (Å²) in [6, 6.07) is 0. The van der Waals surface area contributed by atoms with Gasteiger partial charge in [-0.25, -0.2) is 0 Å². The van der Waals surface area contributed by atoms with E-state index in [1.54, 1.807) is 0 Å². The second-order valence-electron chi connectivity index (χ2n) is 7.30. The van der Waals surface area contributed by atoms with E-state index in [9.17, 15) is 10.2 Å². The third-order valence-corrected chi connectivity index (χ3v) is 3.99. The summed E-state index contributed by atoms with van der Waals surface area (Å²) in [5.74, 6) is 0.190. The zero-order valence-electron chi connectivity index (χ0n) is 13.5. The molecule has 6 nitrogen and oxygen atoms in total. The van der Waals surface area contributed by atoms with E-state index in [2.05, 4.69) is 27.7 Å². The van der Waals surface area contributed by atoms with Crippen molar-refractivity contribution in [1.29, 1.82) is 0 Å². The number of ether oxygens (including phenoxy) is 4. The highest BCUT2D eigenvalue weighted by Gasteiger charge is 2.49. The zero-order valence-corrected chi connectivity index (χ0v) is 13.5. The maximum atomic E-state index is 10.2. The predicted molar refractivity (Wildman–Crippen MR) is 75.5 cm³/mol. The van der Waals surface area contributed by atoms with Crippen LogP contribution in [0, 0.1) is 11.3 Å².